The zero-order valence-corrected chi connectivity index (χ0v) is 10.7. The Morgan fingerprint density at radius 1 is 1.47 bits per heavy atom. The molecule has 0 aliphatic carbocycles. The Bertz CT molecular complexity index is 377. The third kappa shape index (κ3) is 4.76. The van der Waals surface area contributed by atoms with Gasteiger partial charge in [0.05, 0.1) is 0 Å². The molecule has 0 saturated heterocycles. The highest BCUT2D eigenvalue weighted by molar-refractivity contribution is 5.76. The molecule has 0 aliphatic rings. The Balaban J connectivity index is 2.44. The molecule has 0 radical (unpaired) electrons. The van der Waals surface area contributed by atoms with E-state index in [4.69, 9.17) is 5.73 Å². The van der Waals surface area contributed by atoms with Gasteiger partial charge in [-0.1, -0.05) is 6.07 Å². The zero-order chi connectivity index (χ0) is 12.8. The lowest BCUT2D eigenvalue weighted by molar-refractivity contribution is -0.121. The predicted octanol–water partition coefficient (Wildman–Crippen LogP) is 1.62. The van der Waals surface area contributed by atoms with Crippen LogP contribution in [0, 0.1) is 0 Å². The van der Waals surface area contributed by atoms with E-state index < -0.39 is 0 Å². The standard InChI is InChI=1S/C13H21N3O/c1-10(2)15-13(17)7-8-16(3)12-6-4-5-11(14)9-12/h4-6,9-10H,7-8,14H2,1-3H3,(H,15,17). The van der Waals surface area contributed by atoms with Gasteiger partial charge in [0.2, 0.25) is 5.91 Å². The first kappa shape index (κ1) is 13.4. The van der Waals surface area contributed by atoms with Gasteiger partial charge in [-0.05, 0) is 32.0 Å². The van der Waals surface area contributed by atoms with Crippen molar-refractivity contribution in [3.05, 3.63) is 24.3 Å². The summed E-state index contributed by atoms with van der Waals surface area (Å²) >= 11 is 0. The summed E-state index contributed by atoms with van der Waals surface area (Å²) in [6.45, 7) is 4.60. The number of hydrogen-bond donors (Lipinski definition) is 2. The first-order chi connectivity index (χ1) is 7.99. The lowest BCUT2D eigenvalue weighted by atomic mass is 10.2. The lowest BCUT2D eigenvalue weighted by Crippen LogP contribution is -2.33. The van der Waals surface area contributed by atoms with Crippen molar-refractivity contribution in [2.75, 3.05) is 24.2 Å². The topological polar surface area (TPSA) is 58.4 Å². The minimum Gasteiger partial charge on any atom is -0.399 e. The van der Waals surface area contributed by atoms with E-state index in [0.717, 1.165) is 11.4 Å². The first-order valence-corrected chi connectivity index (χ1v) is 5.85. The molecule has 1 rings (SSSR count). The number of nitrogens with one attached hydrogen (secondary N) is 1. The Kier molecular flexibility index (Phi) is 4.82. The number of carbonyl (C=O) groups excluding carboxylic acids is 1. The minimum atomic E-state index is 0.0794. The first-order valence-electron chi connectivity index (χ1n) is 5.85. The van der Waals surface area contributed by atoms with Crippen LogP contribution in [0.4, 0.5) is 11.4 Å². The Morgan fingerprint density at radius 2 is 2.18 bits per heavy atom. The third-order valence-corrected chi connectivity index (χ3v) is 2.43. The minimum absolute atomic E-state index is 0.0794. The SMILES string of the molecule is CC(C)NC(=O)CCN(C)c1cccc(N)c1. The summed E-state index contributed by atoms with van der Waals surface area (Å²) in [5, 5.41) is 2.87. The van der Waals surface area contributed by atoms with Crippen molar-refractivity contribution in [2.24, 2.45) is 0 Å². The monoisotopic (exact) mass is 235 g/mol. The van der Waals surface area contributed by atoms with Gasteiger partial charge in [-0.3, -0.25) is 4.79 Å². The van der Waals surface area contributed by atoms with Crippen molar-refractivity contribution in [3.63, 3.8) is 0 Å². The Morgan fingerprint density at radius 3 is 2.76 bits per heavy atom. The smallest absolute Gasteiger partial charge is 0.221 e. The van der Waals surface area contributed by atoms with Crippen LogP contribution < -0.4 is 16.0 Å². The molecule has 0 fully saturated rings. The number of nitrogens with two attached hydrogens (primary N) is 1. The maximum absolute atomic E-state index is 11.5. The van der Waals surface area contributed by atoms with Crippen molar-refractivity contribution >= 4 is 17.3 Å². The van der Waals surface area contributed by atoms with Crippen LogP contribution in [0.25, 0.3) is 0 Å². The number of nitrogens with zero attached hydrogens (tertiary/aromatic N) is 1. The molecule has 4 nitrogen and oxygen atoms in total. The molecule has 1 aromatic carbocycles. The van der Waals surface area contributed by atoms with E-state index >= 15 is 0 Å². The summed E-state index contributed by atoms with van der Waals surface area (Å²) < 4.78 is 0. The zero-order valence-electron chi connectivity index (χ0n) is 10.7. The maximum Gasteiger partial charge on any atom is 0.221 e. The number of rotatable bonds is 5. The second-order valence-corrected chi connectivity index (χ2v) is 4.49. The summed E-state index contributed by atoms with van der Waals surface area (Å²) in [7, 11) is 1.96. The van der Waals surface area contributed by atoms with E-state index in [1.807, 2.05) is 50.1 Å². The van der Waals surface area contributed by atoms with Gasteiger partial charge in [-0.15, -0.1) is 0 Å². The highest BCUT2D eigenvalue weighted by Gasteiger charge is 2.06. The normalized spacial score (nSPS) is 10.4. The fraction of sp³-hybridized carbons (Fsp3) is 0.462. The summed E-state index contributed by atoms with van der Waals surface area (Å²) in [6, 6.07) is 7.84. The summed E-state index contributed by atoms with van der Waals surface area (Å²) in [6.07, 6.45) is 0.490. The number of hydrogen-bond acceptors (Lipinski definition) is 3. The van der Waals surface area contributed by atoms with Crippen LogP contribution in [-0.2, 0) is 4.79 Å². The fourth-order valence-electron chi connectivity index (χ4n) is 1.55. The fourth-order valence-corrected chi connectivity index (χ4v) is 1.55. The predicted molar refractivity (Wildman–Crippen MR) is 72.0 cm³/mol. The molecule has 0 bridgehead atoms. The van der Waals surface area contributed by atoms with Crippen LogP contribution in [0.1, 0.15) is 20.3 Å². The van der Waals surface area contributed by atoms with Crippen molar-refractivity contribution in [1.29, 1.82) is 0 Å². The van der Waals surface area contributed by atoms with Gasteiger partial charge >= 0.3 is 0 Å². The number of nitrogen functional groups attached to an aromatic ring is 1. The Labute approximate surface area is 103 Å². The summed E-state index contributed by atoms with van der Waals surface area (Å²) in [4.78, 5) is 13.5. The molecule has 94 valence electrons. The molecule has 3 N–H and O–H groups in total. The van der Waals surface area contributed by atoms with Crippen molar-refractivity contribution in [1.82, 2.24) is 5.32 Å². The van der Waals surface area contributed by atoms with Crippen LogP contribution in [0.5, 0.6) is 0 Å². The summed E-state index contributed by atoms with van der Waals surface area (Å²) in [5.74, 6) is 0.0794. The largest absolute Gasteiger partial charge is 0.399 e. The van der Waals surface area contributed by atoms with Gasteiger partial charge in [0.15, 0.2) is 0 Å². The third-order valence-electron chi connectivity index (χ3n) is 2.43. The van der Waals surface area contributed by atoms with Crippen LogP contribution in [0.15, 0.2) is 24.3 Å². The van der Waals surface area contributed by atoms with Crippen molar-refractivity contribution in [3.8, 4) is 0 Å². The van der Waals surface area contributed by atoms with E-state index in [2.05, 4.69) is 5.32 Å². The maximum atomic E-state index is 11.5. The lowest BCUT2D eigenvalue weighted by Gasteiger charge is -2.19. The van der Waals surface area contributed by atoms with Gasteiger partial charge in [0.1, 0.15) is 0 Å². The van der Waals surface area contributed by atoms with Gasteiger partial charge in [-0.25, -0.2) is 0 Å². The molecule has 0 unspecified atom stereocenters. The second kappa shape index (κ2) is 6.13. The molecule has 0 aromatic heterocycles. The molecule has 0 heterocycles. The van der Waals surface area contributed by atoms with Crippen LogP contribution in [0.3, 0.4) is 0 Å². The molecular weight excluding hydrogens is 214 g/mol. The molecular formula is C13H21N3O. The van der Waals surface area contributed by atoms with E-state index in [0.29, 0.717) is 13.0 Å². The van der Waals surface area contributed by atoms with Crippen LogP contribution in [0.2, 0.25) is 0 Å². The number of anilines is 2. The molecule has 0 spiro atoms. The number of amides is 1. The molecule has 1 amide bonds. The van der Waals surface area contributed by atoms with Gasteiger partial charge in [0, 0.05) is 37.4 Å². The van der Waals surface area contributed by atoms with E-state index in [1.54, 1.807) is 0 Å². The van der Waals surface area contributed by atoms with E-state index in [-0.39, 0.29) is 11.9 Å². The number of benzene rings is 1. The highest BCUT2D eigenvalue weighted by Crippen LogP contribution is 2.15. The molecule has 0 saturated carbocycles. The molecule has 0 aliphatic heterocycles. The van der Waals surface area contributed by atoms with E-state index in [9.17, 15) is 4.79 Å². The highest BCUT2D eigenvalue weighted by atomic mass is 16.1. The van der Waals surface area contributed by atoms with Crippen LogP contribution >= 0.6 is 0 Å². The number of carbonyl (C=O) groups is 1. The van der Waals surface area contributed by atoms with Gasteiger partial charge in [-0.2, -0.15) is 0 Å². The summed E-state index contributed by atoms with van der Waals surface area (Å²) in [5.41, 5.74) is 7.48. The molecule has 4 heteroatoms. The second-order valence-electron chi connectivity index (χ2n) is 4.49. The van der Waals surface area contributed by atoms with Crippen molar-refractivity contribution < 1.29 is 4.79 Å². The average molecular weight is 235 g/mol. The quantitative estimate of drug-likeness (QED) is 0.762. The van der Waals surface area contributed by atoms with Gasteiger partial charge in [0.25, 0.3) is 0 Å². The average Bonchev–Trinajstić information content (AvgIpc) is 2.25. The Hall–Kier alpha value is -1.71. The molecule has 17 heavy (non-hydrogen) atoms. The van der Waals surface area contributed by atoms with Gasteiger partial charge < -0.3 is 16.0 Å². The van der Waals surface area contributed by atoms with Crippen molar-refractivity contribution in [2.45, 2.75) is 26.3 Å². The molecule has 0 atom stereocenters. The van der Waals surface area contributed by atoms with E-state index in [1.165, 1.54) is 0 Å². The van der Waals surface area contributed by atoms with Crippen LogP contribution in [-0.4, -0.2) is 25.5 Å². The molecule has 1 aromatic rings.